The zero-order valence-corrected chi connectivity index (χ0v) is 12.8. The van der Waals surface area contributed by atoms with E-state index in [4.69, 9.17) is 11.6 Å². The summed E-state index contributed by atoms with van der Waals surface area (Å²) in [7, 11) is -2.90. The highest BCUT2D eigenvalue weighted by Crippen LogP contribution is 2.17. The molecule has 0 bridgehead atoms. The molecule has 1 aromatic carbocycles. The van der Waals surface area contributed by atoms with Crippen molar-refractivity contribution in [2.75, 3.05) is 18.1 Å². The van der Waals surface area contributed by atoms with Crippen LogP contribution < -0.4 is 0 Å². The van der Waals surface area contributed by atoms with E-state index < -0.39 is 9.84 Å². The maximum Gasteiger partial charge on any atom is 0.150 e. The van der Waals surface area contributed by atoms with Crippen molar-refractivity contribution in [3.8, 4) is 0 Å². The fraction of sp³-hybridized carbons (Fsp3) is 0.571. The summed E-state index contributed by atoms with van der Waals surface area (Å²) in [5.74, 6) is 0.502. The molecule has 1 rings (SSSR count). The Hall–Kier alpha value is -0.580. The highest BCUT2D eigenvalue weighted by molar-refractivity contribution is 7.91. The third-order valence-corrected chi connectivity index (χ3v) is 5.25. The topological polar surface area (TPSA) is 54.4 Å². The van der Waals surface area contributed by atoms with E-state index in [1.54, 1.807) is 6.92 Å². The zero-order valence-electron chi connectivity index (χ0n) is 11.2. The fourth-order valence-electron chi connectivity index (χ4n) is 1.95. The molecule has 1 N–H and O–H groups in total. The maximum absolute atomic E-state index is 11.4. The van der Waals surface area contributed by atoms with Crippen LogP contribution in [0, 0.1) is 5.92 Å². The van der Waals surface area contributed by atoms with Crippen LogP contribution in [-0.4, -0.2) is 31.6 Å². The van der Waals surface area contributed by atoms with Gasteiger partial charge in [-0.1, -0.05) is 30.7 Å². The number of hydrogen-bond acceptors (Lipinski definition) is 3. The van der Waals surface area contributed by atoms with Gasteiger partial charge in [0.05, 0.1) is 5.75 Å². The van der Waals surface area contributed by atoms with Crippen LogP contribution in [0.15, 0.2) is 24.3 Å². The van der Waals surface area contributed by atoms with Crippen LogP contribution in [0.2, 0.25) is 5.02 Å². The number of sulfone groups is 1. The summed E-state index contributed by atoms with van der Waals surface area (Å²) in [5.41, 5.74) is 1.11. The molecular weight excluding hydrogens is 284 g/mol. The summed E-state index contributed by atoms with van der Waals surface area (Å²) in [6.07, 6.45) is 2.08. The average molecular weight is 305 g/mol. The molecule has 0 heterocycles. The first-order valence-electron chi connectivity index (χ1n) is 6.52. The first-order valence-corrected chi connectivity index (χ1v) is 8.72. The molecule has 19 heavy (non-hydrogen) atoms. The van der Waals surface area contributed by atoms with Crippen molar-refractivity contribution in [3.05, 3.63) is 34.9 Å². The van der Waals surface area contributed by atoms with Crippen LogP contribution in [0.4, 0.5) is 0 Å². The van der Waals surface area contributed by atoms with Gasteiger partial charge in [0.2, 0.25) is 0 Å². The Kier molecular flexibility index (Phi) is 6.83. The maximum atomic E-state index is 11.4. The summed E-state index contributed by atoms with van der Waals surface area (Å²) in [5, 5.41) is 10.0. The molecular formula is C14H21ClO3S. The number of benzene rings is 1. The first kappa shape index (κ1) is 16.5. The molecule has 108 valence electrons. The molecule has 0 aliphatic rings. The normalized spacial score (nSPS) is 13.4. The third kappa shape index (κ3) is 6.41. The quantitative estimate of drug-likeness (QED) is 0.803. The van der Waals surface area contributed by atoms with Crippen molar-refractivity contribution < 1.29 is 13.5 Å². The van der Waals surface area contributed by atoms with E-state index in [9.17, 15) is 13.5 Å². The van der Waals surface area contributed by atoms with Crippen molar-refractivity contribution in [1.29, 1.82) is 0 Å². The minimum atomic E-state index is -2.90. The van der Waals surface area contributed by atoms with Gasteiger partial charge in [0.25, 0.3) is 0 Å². The van der Waals surface area contributed by atoms with Gasteiger partial charge in [-0.15, -0.1) is 0 Å². The number of rotatable bonds is 8. The lowest BCUT2D eigenvalue weighted by Crippen LogP contribution is -2.14. The zero-order chi connectivity index (χ0) is 14.3. The predicted molar refractivity (Wildman–Crippen MR) is 79.3 cm³/mol. The van der Waals surface area contributed by atoms with Crippen molar-refractivity contribution in [1.82, 2.24) is 0 Å². The average Bonchev–Trinajstić information content (AvgIpc) is 2.40. The molecule has 0 aromatic heterocycles. The molecule has 0 aliphatic carbocycles. The third-order valence-electron chi connectivity index (χ3n) is 3.20. The molecule has 0 fully saturated rings. The first-order chi connectivity index (χ1) is 8.96. The van der Waals surface area contributed by atoms with E-state index in [0.717, 1.165) is 18.4 Å². The molecule has 1 aromatic rings. The second kappa shape index (κ2) is 7.88. The molecule has 0 aliphatic heterocycles. The fourth-order valence-corrected chi connectivity index (χ4v) is 2.97. The van der Waals surface area contributed by atoms with Crippen molar-refractivity contribution in [2.45, 2.75) is 26.2 Å². The summed E-state index contributed by atoms with van der Waals surface area (Å²) in [6.45, 7) is 1.74. The Morgan fingerprint density at radius 2 is 1.89 bits per heavy atom. The predicted octanol–water partition coefficient (Wildman–Crippen LogP) is 2.71. The SMILES string of the molecule is CCS(=O)(=O)CCCC(CO)Cc1ccc(Cl)cc1. The van der Waals surface area contributed by atoms with E-state index in [1.807, 2.05) is 24.3 Å². The van der Waals surface area contributed by atoms with Crippen molar-refractivity contribution in [2.24, 2.45) is 5.92 Å². The van der Waals surface area contributed by atoms with Crippen LogP contribution in [0.3, 0.4) is 0 Å². The number of halogens is 1. The number of hydrogen-bond donors (Lipinski definition) is 1. The Morgan fingerprint density at radius 3 is 2.42 bits per heavy atom. The smallest absolute Gasteiger partial charge is 0.150 e. The van der Waals surface area contributed by atoms with Gasteiger partial charge < -0.3 is 5.11 Å². The lowest BCUT2D eigenvalue weighted by atomic mass is 9.96. The molecule has 3 nitrogen and oxygen atoms in total. The lowest BCUT2D eigenvalue weighted by Gasteiger charge is -2.14. The van der Waals surface area contributed by atoms with E-state index in [-0.39, 0.29) is 24.0 Å². The number of aliphatic hydroxyl groups excluding tert-OH is 1. The van der Waals surface area contributed by atoms with Gasteiger partial charge in [-0.05, 0) is 42.9 Å². The lowest BCUT2D eigenvalue weighted by molar-refractivity contribution is 0.217. The highest BCUT2D eigenvalue weighted by atomic mass is 35.5. The van der Waals surface area contributed by atoms with Crippen LogP contribution >= 0.6 is 11.6 Å². The molecule has 1 unspecified atom stereocenters. The Morgan fingerprint density at radius 1 is 1.26 bits per heavy atom. The van der Waals surface area contributed by atoms with Gasteiger partial charge in [-0.2, -0.15) is 0 Å². The molecule has 0 amide bonds. The van der Waals surface area contributed by atoms with Crippen LogP contribution in [-0.2, 0) is 16.3 Å². The molecule has 5 heteroatoms. The van der Waals surface area contributed by atoms with Crippen LogP contribution in [0.5, 0.6) is 0 Å². The second-order valence-corrected chi connectivity index (χ2v) is 7.67. The van der Waals surface area contributed by atoms with Crippen molar-refractivity contribution >= 4 is 21.4 Å². The minimum Gasteiger partial charge on any atom is -0.396 e. The largest absolute Gasteiger partial charge is 0.396 e. The Labute approximate surface area is 120 Å². The standard InChI is InChI=1S/C14H21ClO3S/c1-2-19(17,18)9-3-4-13(11-16)10-12-5-7-14(15)8-6-12/h5-8,13,16H,2-4,9-11H2,1H3. The molecule has 0 saturated carbocycles. The van der Waals surface area contributed by atoms with Gasteiger partial charge >= 0.3 is 0 Å². The summed E-state index contributed by atoms with van der Waals surface area (Å²) in [4.78, 5) is 0. The van der Waals surface area contributed by atoms with Crippen LogP contribution in [0.1, 0.15) is 25.3 Å². The Balaban J connectivity index is 2.44. The molecule has 0 saturated heterocycles. The summed E-state index contributed by atoms with van der Waals surface area (Å²) >= 11 is 5.82. The summed E-state index contributed by atoms with van der Waals surface area (Å²) in [6, 6.07) is 7.53. The molecule has 0 spiro atoms. The van der Waals surface area contributed by atoms with Gasteiger partial charge in [0, 0.05) is 17.4 Å². The second-order valence-electron chi connectivity index (χ2n) is 4.76. The van der Waals surface area contributed by atoms with E-state index in [0.29, 0.717) is 11.4 Å². The van der Waals surface area contributed by atoms with E-state index in [2.05, 4.69) is 0 Å². The Bertz CT molecular complexity index is 468. The molecule has 0 radical (unpaired) electrons. The highest BCUT2D eigenvalue weighted by Gasteiger charge is 2.12. The van der Waals surface area contributed by atoms with Crippen molar-refractivity contribution in [3.63, 3.8) is 0 Å². The van der Waals surface area contributed by atoms with Gasteiger partial charge in [0.15, 0.2) is 0 Å². The molecule has 1 atom stereocenters. The van der Waals surface area contributed by atoms with Gasteiger partial charge in [-0.3, -0.25) is 0 Å². The van der Waals surface area contributed by atoms with Gasteiger partial charge in [-0.25, -0.2) is 8.42 Å². The summed E-state index contributed by atoms with van der Waals surface area (Å²) < 4.78 is 22.8. The van der Waals surface area contributed by atoms with Crippen LogP contribution in [0.25, 0.3) is 0 Å². The number of aliphatic hydroxyl groups is 1. The monoisotopic (exact) mass is 304 g/mol. The minimum absolute atomic E-state index is 0.0782. The van der Waals surface area contributed by atoms with E-state index >= 15 is 0 Å². The van der Waals surface area contributed by atoms with Gasteiger partial charge in [0.1, 0.15) is 9.84 Å². The van der Waals surface area contributed by atoms with E-state index in [1.165, 1.54) is 0 Å².